The van der Waals surface area contributed by atoms with Gasteiger partial charge in [0.2, 0.25) is 11.8 Å². The van der Waals surface area contributed by atoms with Crippen molar-refractivity contribution >= 4 is 57.4 Å². The molecule has 4 unspecified atom stereocenters. The van der Waals surface area contributed by atoms with Gasteiger partial charge >= 0.3 is 35.3 Å². The van der Waals surface area contributed by atoms with Crippen molar-refractivity contribution in [1.29, 1.82) is 0 Å². The van der Waals surface area contributed by atoms with Crippen molar-refractivity contribution < 1.29 is 54.2 Å². The Kier molecular flexibility index (Phi) is 15.4. The molecule has 8 heterocycles. The van der Waals surface area contributed by atoms with Gasteiger partial charge < -0.3 is 28.7 Å². The second-order valence-electron chi connectivity index (χ2n) is 19.8. The van der Waals surface area contributed by atoms with Gasteiger partial charge in [0.1, 0.15) is 69.8 Å². The molecular weight excluding hydrogens is 979 g/mol. The van der Waals surface area contributed by atoms with E-state index in [-0.39, 0.29) is 65.8 Å². The number of nitrogens with zero attached hydrogens (tertiary/aromatic N) is 10. The first-order chi connectivity index (χ1) is 34.4. The van der Waals surface area contributed by atoms with E-state index in [4.69, 9.17) is 35.8 Å². The molecule has 72 heavy (non-hydrogen) atoms. The summed E-state index contributed by atoms with van der Waals surface area (Å²) in [6, 6.07) is 10.4. The quantitative estimate of drug-likeness (QED) is 0.150. The van der Waals surface area contributed by atoms with Gasteiger partial charge in [-0.1, -0.05) is 12.1 Å². The highest BCUT2D eigenvalue weighted by molar-refractivity contribution is 7.51. The van der Waals surface area contributed by atoms with Gasteiger partial charge in [0.05, 0.1) is 12.4 Å². The Bertz CT molecular complexity index is 2830. The molecule has 4 atom stereocenters. The van der Waals surface area contributed by atoms with Crippen molar-refractivity contribution in [3.05, 3.63) is 84.2 Å². The maximum Gasteiger partial charge on any atom is 0.410 e. The fourth-order valence-electron chi connectivity index (χ4n) is 9.97. The van der Waals surface area contributed by atoms with E-state index in [2.05, 4.69) is 30.1 Å². The molecule has 0 spiro atoms. The van der Waals surface area contributed by atoms with Crippen LogP contribution in [0.5, 0.6) is 11.8 Å². The lowest BCUT2D eigenvalue weighted by molar-refractivity contribution is -0.00749. The summed E-state index contributed by atoms with van der Waals surface area (Å²) >= 11 is -1.50. The second kappa shape index (κ2) is 21.5. The zero-order valence-electron chi connectivity index (χ0n) is 40.4. The second-order valence-corrected chi connectivity index (χ2v) is 20.1. The molecule has 382 valence electrons. The SMILES string of the molecule is Cc1ccc(-n2ncc3c(OC4CC5CCC(C4)N5C(=O)OC(C)(C)C)ncnc32)c(F)c1.Cc1ccc(-n2ncc3c(OC4CC5CCC(C4)N5C(=O)OC4(C)CC4)ncnc32)c(F)c1.O=S=O.O=S=O. The van der Waals surface area contributed by atoms with Crippen LogP contribution in [-0.2, 0) is 32.6 Å². The van der Waals surface area contributed by atoms with Gasteiger partial charge in [0, 0.05) is 49.9 Å². The van der Waals surface area contributed by atoms with Gasteiger partial charge in [0.15, 0.2) is 11.3 Å². The van der Waals surface area contributed by atoms with Crippen molar-refractivity contribution in [1.82, 2.24) is 49.3 Å². The minimum absolute atomic E-state index is 0.0689. The van der Waals surface area contributed by atoms with Crippen LogP contribution in [0.15, 0.2) is 61.4 Å². The molecule has 5 fully saturated rings. The monoisotopic (exact) mass is 1030 g/mol. The third-order valence-electron chi connectivity index (χ3n) is 13.4. The third-order valence-corrected chi connectivity index (χ3v) is 13.4. The van der Waals surface area contributed by atoms with E-state index >= 15 is 0 Å². The summed E-state index contributed by atoms with van der Waals surface area (Å²) in [5.41, 5.74) is 2.50. The Balaban J connectivity index is 0.000000174. The average Bonchev–Trinajstić information content (AvgIpc) is 3.61. The van der Waals surface area contributed by atoms with E-state index in [0.29, 0.717) is 58.0 Å². The number of rotatable bonds is 7. The van der Waals surface area contributed by atoms with Crippen LogP contribution >= 0.6 is 0 Å². The van der Waals surface area contributed by atoms with Crippen LogP contribution in [0.1, 0.15) is 103 Å². The lowest BCUT2D eigenvalue weighted by Crippen LogP contribution is -2.50. The smallest absolute Gasteiger partial charge is 0.410 e. The molecule has 24 heteroatoms. The number of aromatic nitrogens is 8. The van der Waals surface area contributed by atoms with E-state index in [1.54, 1.807) is 24.5 Å². The van der Waals surface area contributed by atoms with Gasteiger partial charge in [-0.15, -0.1) is 0 Å². The lowest BCUT2D eigenvalue weighted by Gasteiger charge is -2.39. The molecule has 4 aromatic heterocycles. The maximum absolute atomic E-state index is 14.5. The minimum Gasteiger partial charge on any atom is -0.474 e. The molecule has 4 aliphatic heterocycles. The fraction of sp³-hybridized carbons (Fsp3) is 0.500. The number of carbonyl (C=O) groups is 2. The van der Waals surface area contributed by atoms with Crippen molar-refractivity contribution in [2.75, 3.05) is 0 Å². The van der Waals surface area contributed by atoms with Gasteiger partial charge in [-0.3, -0.25) is 0 Å². The highest BCUT2D eigenvalue weighted by Gasteiger charge is 2.49. The Morgan fingerprint density at radius 3 is 1.39 bits per heavy atom. The van der Waals surface area contributed by atoms with E-state index < -0.39 is 28.7 Å². The van der Waals surface area contributed by atoms with Gasteiger partial charge in [-0.05, 0) is 115 Å². The number of ether oxygens (including phenoxy) is 4. The van der Waals surface area contributed by atoms with Crippen LogP contribution in [0, 0.1) is 25.5 Å². The number of fused-ring (bicyclic) bond motifs is 6. The molecule has 5 aliphatic rings. The van der Waals surface area contributed by atoms with E-state index in [1.807, 2.05) is 63.5 Å². The molecule has 1 aliphatic carbocycles. The Hall–Kier alpha value is -6.82. The van der Waals surface area contributed by atoms with Crippen molar-refractivity contribution in [2.45, 2.75) is 153 Å². The largest absolute Gasteiger partial charge is 0.474 e. The highest BCUT2D eigenvalue weighted by Crippen LogP contribution is 2.43. The molecule has 0 radical (unpaired) electrons. The summed E-state index contributed by atoms with van der Waals surface area (Å²) in [5.74, 6) is 0.128. The number of aryl methyl sites for hydroxylation is 2. The normalized spacial score (nSPS) is 22.3. The molecule has 1 saturated carbocycles. The molecule has 0 N–H and O–H groups in total. The lowest BCUT2D eigenvalue weighted by atomic mass is 10.00. The van der Waals surface area contributed by atoms with E-state index in [1.165, 1.54) is 34.2 Å². The zero-order valence-corrected chi connectivity index (χ0v) is 42.1. The number of halogens is 2. The van der Waals surface area contributed by atoms with Crippen molar-refractivity contribution in [2.24, 2.45) is 0 Å². The van der Waals surface area contributed by atoms with Gasteiger partial charge in [0.25, 0.3) is 0 Å². The molecule has 11 rings (SSSR count). The number of piperidine rings is 2. The van der Waals surface area contributed by atoms with E-state index in [0.717, 1.165) is 62.5 Å². The number of benzene rings is 2. The average molecular weight is 1030 g/mol. The van der Waals surface area contributed by atoms with Crippen molar-refractivity contribution in [3.63, 3.8) is 0 Å². The summed E-state index contributed by atoms with van der Waals surface area (Å²) < 4.78 is 89.1. The Morgan fingerprint density at radius 1 is 0.639 bits per heavy atom. The van der Waals surface area contributed by atoms with Crippen LogP contribution in [-0.4, -0.2) is 126 Å². The molecule has 20 nitrogen and oxygen atoms in total. The zero-order chi connectivity index (χ0) is 51.5. The van der Waals surface area contributed by atoms with Crippen LogP contribution in [0.25, 0.3) is 33.4 Å². The minimum atomic E-state index is -0.750. The topological polar surface area (TPSA) is 233 Å². The molecule has 6 aromatic rings. The summed E-state index contributed by atoms with van der Waals surface area (Å²) in [5, 5.41) is 9.96. The predicted molar refractivity (Wildman–Crippen MR) is 256 cm³/mol. The predicted octanol–water partition coefficient (Wildman–Crippen LogP) is 7.56. The summed E-state index contributed by atoms with van der Waals surface area (Å²) in [4.78, 5) is 46.6. The van der Waals surface area contributed by atoms with Gasteiger partial charge in [-0.25, -0.2) is 47.7 Å². The maximum atomic E-state index is 14.5. The number of hydrogen-bond donors (Lipinski definition) is 0. The van der Waals surface area contributed by atoms with Crippen molar-refractivity contribution in [3.8, 4) is 23.1 Å². The number of amides is 2. The Morgan fingerprint density at radius 2 is 1.03 bits per heavy atom. The summed E-state index contributed by atoms with van der Waals surface area (Å²) in [6.45, 7) is 11.3. The molecule has 4 saturated heterocycles. The first-order valence-electron chi connectivity index (χ1n) is 23.5. The third kappa shape index (κ3) is 11.4. The fourth-order valence-corrected chi connectivity index (χ4v) is 9.97. The van der Waals surface area contributed by atoms with Gasteiger partial charge in [-0.2, -0.15) is 27.0 Å². The summed E-state index contributed by atoms with van der Waals surface area (Å²) in [7, 11) is 0. The first-order valence-corrected chi connectivity index (χ1v) is 24.9. The summed E-state index contributed by atoms with van der Waals surface area (Å²) in [6.07, 6.45) is 14.0. The Labute approximate surface area is 420 Å². The first kappa shape index (κ1) is 51.5. The number of hydrogen-bond acceptors (Lipinski definition) is 16. The van der Waals surface area contributed by atoms with Crippen LogP contribution < -0.4 is 9.47 Å². The molecule has 2 amide bonds. The van der Waals surface area contributed by atoms with Crippen LogP contribution in [0.2, 0.25) is 0 Å². The van der Waals surface area contributed by atoms with Crippen LogP contribution in [0.4, 0.5) is 18.4 Å². The highest BCUT2D eigenvalue weighted by atomic mass is 32.1. The number of carbonyl (C=O) groups excluding carboxylic acids is 2. The molecule has 2 aromatic carbocycles. The molecular formula is C48H54F2N10O10S2. The van der Waals surface area contributed by atoms with Crippen LogP contribution in [0.3, 0.4) is 0 Å². The standard InChI is InChI=1S/C24H26FN5O3.C24H28FN5O3.2O2S/c1-14-3-6-20(19(25)9-14)30-21-18(12-28-30)22(27-13-26-21)32-17-10-15-4-5-16(11-17)29(15)23(31)33-24(2)7-8-24;1-14-5-8-20(19(25)9-14)30-21-18(12-28-30)22(27-13-26-21)32-17-10-15-6-7-16(11-17)29(15)23(31)33-24(2,3)4;2*1-3-2/h3,6,9,12-13,15-17H,4-5,7-8,10-11H2,1-2H3;5,8-9,12-13,15-17H,6-7,10-11H2,1-4H3;;. The molecule has 4 bridgehead atoms. The van der Waals surface area contributed by atoms with E-state index in [9.17, 15) is 18.4 Å².